The van der Waals surface area contributed by atoms with Crippen molar-refractivity contribution in [1.29, 1.82) is 0 Å². The third-order valence-corrected chi connectivity index (χ3v) is 1.65. The molecule has 0 saturated carbocycles. The molecular weight excluding hydrogens is 199 g/mol. The van der Waals surface area contributed by atoms with E-state index in [1.54, 1.807) is 19.2 Å². The Bertz CT molecular complexity index is 239. The zero-order valence-electron chi connectivity index (χ0n) is 5.36. The fourth-order valence-electron chi connectivity index (χ4n) is 0.557. The first-order valence-corrected chi connectivity index (χ1v) is 3.53. The predicted octanol–water partition coefficient (Wildman–Crippen LogP) is 2.02. The number of aromatic nitrogens is 1. The van der Waals surface area contributed by atoms with Gasteiger partial charge in [0.1, 0.15) is 5.82 Å². The number of rotatable bonds is 1. The summed E-state index contributed by atoms with van der Waals surface area (Å²) in [5.41, 5.74) is 0. The maximum atomic E-state index is 12.6. The van der Waals surface area contributed by atoms with E-state index in [1.165, 1.54) is 0 Å². The maximum absolute atomic E-state index is 12.6. The molecule has 4 heteroatoms. The largest absolute Gasteiger partial charge is 0.373 e. The second-order valence-electron chi connectivity index (χ2n) is 1.72. The second kappa shape index (κ2) is 2.96. The summed E-state index contributed by atoms with van der Waals surface area (Å²) in [7, 11) is 1.69. The fourth-order valence-corrected chi connectivity index (χ4v) is 0.777. The number of anilines is 1. The standard InChI is InChI=1S/C6H6BrFN2/c1-9-5-3-2-4(7)6(8)10-5/h2-3H,1H3,(H,9,10). The lowest BCUT2D eigenvalue weighted by Gasteiger charge is -1.97. The minimum Gasteiger partial charge on any atom is -0.373 e. The summed E-state index contributed by atoms with van der Waals surface area (Å²) in [6, 6.07) is 3.29. The first-order valence-electron chi connectivity index (χ1n) is 2.74. The highest BCUT2D eigenvalue weighted by Gasteiger charge is 1.99. The Morgan fingerprint density at radius 3 is 2.80 bits per heavy atom. The highest BCUT2D eigenvalue weighted by molar-refractivity contribution is 9.10. The third-order valence-electron chi connectivity index (χ3n) is 1.06. The van der Waals surface area contributed by atoms with Crippen molar-refractivity contribution in [2.75, 3.05) is 12.4 Å². The molecule has 1 rings (SSSR count). The van der Waals surface area contributed by atoms with Crippen molar-refractivity contribution in [3.05, 3.63) is 22.6 Å². The molecule has 10 heavy (non-hydrogen) atoms. The molecule has 0 spiro atoms. The van der Waals surface area contributed by atoms with Crippen molar-refractivity contribution in [3.8, 4) is 0 Å². The van der Waals surface area contributed by atoms with E-state index in [9.17, 15) is 4.39 Å². The predicted molar refractivity (Wildman–Crippen MR) is 41.4 cm³/mol. The van der Waals surface area contributed by atoms with E-state index in [2.05, 4.69) is 26.2 Å². The SMILES string of the molecule is CNc1ccc(Br)c(F)n1. The van der Waals surface area contributed by atoms with Gasteiger partial charge in [-0.2, -0.15) is 4.39 Å². The zero-order chi connectivity index (χ0) is 7.56. The monoisotopic (exact) mass is 204 g/mol. The van der Waals surface area contributed by atoms with Gasteiger partial charge in [0.15, 0.2) is 0 Å². The second-order valence-corrected chi connectivity index (χ2v) is 2.57. The van der Waals surface area contributed by atoms with Gasteiger partial charge in [0.05, 0.1) is 4.47 Å². The Labute approximate surface area is 66.6 Å². The quantitative estimate of drug-likeness (QED) is 0.709. The number of nitrogens with one attached hydrogen (secondary N) is 1. The van der Waals surface area contributed by atoms with Crippen LogP contribution >= 0.6 is 15.9 Å². The van der Waals surface area contributed by atoms with Gasteiger partial charge < -0.3 is 5.32 Å². The normalized spacial score (nSPS) is 9.50. The molecule has 0 fully saturated rings. The topological polar surface area (TPSA) is 24.9 Å². The van der Waals surface area contributed by atoms with Gasteiger partial charge in [0, 0.05) is 7.05 Å². The third kappa shape index (κ3) is 1.44. The van der Waals surface area contributed by atoms with Crippen LogP contribution < -0.4 is 5.32 Å². The van der Waals surface area contributed by atoms with E-state index in [0.29, 0.717) is 10.3 Å². The van der Waals surface area contributed by atoms with Crippen LogP contribution in [0.3, 0.4) is 0 Å². The van der Waals surface area contributed by atoms with E-state index in [1.807, 2.05) is 0 Å². The average molecular weight is 205 g/mol. The zero-order valence-corrected chi connectivity index (χ0v) is 6.94. The summed E-state index contributed by atoms with van der Waals surface area (Å²) in [6.45, 7) is 0. The van der Waals surface area contributed by atoms with Gasteiger partial charge in [0.2, 0.25) is 5.95 Å². The molecule has 0 bridgehead atoms. The lowest BCUT2D eigenvalue weighted by Crippen LogP contribution is -1.93. The molecule has 1 aromatic rings. The van der Waals surface area contributed by atoms with Crippen molar-refractivity contribution >= 4 is 21.7 Å². The highest BCUT2D eigenvalue weighted by Crippen LogP contribution is 2.14. The maximum Gasteiger partial charge on any atom is 0.229 e. The summed E-state index contributed by atoms with van der Waals surface area (Å²) in [6.07, 6.45) is 0. The summed E-state index contributed by atoms with van der Waals surface area (Å²) in [4.78, 5) is 3.57. The molecule has 1 N–H and O–H groups in total. The molecule has 0 aromatic carbocycles. The number of hydrogen-bond acceptors (Lipinski definition) is 2. The van der Waals surface area contributed by atoms with Crippen molar-refractivity contribution in [2.24, 2.45) is 0 Å². The molecule has 0 saturated heterocycles. The number of nitrogens with zero attached hydrogens (tertiary/aromatic N) is 1. The van der Waals surface area contributed by atoms with Gasteiger partial charge in [-0.25, -0.2) is 4.98 Å². The van der Waals surface area contributed by atoms with Gasteiger partial charge in [-0.1, -0.05) is 0 Å². The van der Waals surface area contributed by atoms with E-state index in [-0.39, 0.29) is 0 Å². The van der Waals surface area contributed by atoms with Crippen LogP contribution in [0, 0.1) is 5.95 Å². The first kappa shape index (κ1) is 7.47. The van der Waals surface area contributed by atoms with Crippen LogP contribution in [0.1, 0.15) is 0 Å². The molecule has 0 radical (unpaired) electrons. The van der Waals surface area contributed by atoms with Gasteiger partial charge in [-0.05, 0) is 28.1 Å². The number of halogens is 2. The molecule has 1 aromatic heterocycles. The van der Waals surface area contributed by atoms with Gasteiger partial charge >= 0.3 is 0 Å². The molecule has 0 unspecified atom stereocenters. The van der Waals surface area contributed by atoms with Gasteiger partial charge in [-0.3, -0.25) is 0 Å². The molecule has 0 aliphatic heterocycles. The van der Waals surface area contributed by atoms with Crippen LogP contribution in [0.15, 0.2) is 16.6 Å². The summed E-state index contributed by atoms with van der Waals surface area (Å²) < 4.78 is 12.9. The van der Waals surface area contributed by atoms with E-state index in [4.69, 9.17) is 0 Å². The lowest BCUT2D eigenvalue weighted by molar-refractivity contribution is 0.578. The minimum absolute atomic E-state index is 0.381. The van der Waals surface area contributed by atoms with Crippen molar-refractivity contribution in [1.82, 2.24) is 4.98 Å². The Balaban J connectivity index is 3.04. The smallest absolute Gasteiger partial charge is 0.229 e. The molecule has 0 amide bonds. The minimum atomic E-state index is -0.494. The number of hydrogen-bond donors (Lipinski definition) is 1. The van der Waals surface area contributed by atoms with Crippen LogP contribution in [0.4, 0.5) is 10.2 Å². The summed E-state index contributed by atoms with van der Waals surface area (Å²) in [5.74, 6) is 0.0348. The Morgan fingerprint density at radius 1 is 1.60 bits per heavy atom. The van der Waals surface area contributed by atoms with Crippen LogP contribution in [0.5, 0.6) is 0 Å². The average Bonchev–Trinajstić information content (AvgIpc) is 1.95. The molecule has 1 heterocycles. The van der Waals surface area contributed by atoms with Crippen LogP contribution in [0.2, 0.25) is 0 Å². The molecule has 2 nitrogen and oxygen atoms in total. The van der Waals surface area contributed by atoms with E-state index >= 15 is 0 Å². The van der Waals surface area contributed by atoms with Crippen molar-refractivity contribution in [2.45, 2.75) is 0 Å². The van der Waals surface area contributed by atoms with Crippen LogP contribution in [-0.4, -0.2) is 12.0 Å². The molecule has 0 aliphatic rings. The molecular formula is C6H6BrFN2. The lowest BCUT2D eigenvalue weighted by atomic mass is 10.4. The Morgan fingerprint density at radius 2 is 2.30 bits per heavy atom. The van der Waals surface area contributed by atoms with Gasteiger partial charge in [-0.15, -0.1) is 0 Å². The van der Waals surface area contributed by atoms with E-state index in [0.717, 1.165) is 0 Å². The first-order chi connectivity index (χ1) is 4.74. The van der Waals surface area contributed by atoms with Crippen molar-refractivity contribution in [3.63, 3.8) is 0 Å². The molecule has 0 aliphatic carbocycles. The molecule has 0 atom stereocenters. The van der Waals surface area contributed by atoms with Crippen molar-refractivity contribution < 1.29 is 4.39 Å². The molecule has 54 valence electrons. The fraction of sp³-hybridized carbons (Fsp3) is 0.167. The summed E-state index contributed by atoms with van der Waals surface area (Å²) in [5, 5.41) is 2.72. The Kier molecular flexibility index (Phi) is 2.21. The van der Waals surface area contributed by atoms with E-state index < -0.39 is 5.95 Å². The highest BCUT2D eigenvalue weighted by atomic mass is 79.9. The van der Waals surface area contributed by atoms with Crippen LogP contribution in [0.25, 0.3) is 0 Å². The van der Waals surface area contributed by atoms with Gasteiger partial charge in [0.25, 0.3) is 0 Å². The van der Waals surface area contributed by atoms with Crippen LogP contribution in [-0.2, 0) is 0 Å². The summed E-state index contributed by atoms with van der Waals surface area (Å²) >= 11 is 2.99. The number of pyridine rings is 1. The Hall–Kier alpha value is -0.640.